The Bertz CT molecular complexity index is 1040. The van der Waals surface area contributed by atoms with E-state index in [1.54, 1.807) is 31.6 Å². The van der Waals surface area contributed by atoms with E-state index in [0.717, 1.165) is 48.1 Å². The SMILES string of the molecule is CCCN(CCC)C(=O)COCCOC.Cc1nccc2nc(NCc3ccccc3O)ncc12. The van der Waals surface area contributed by atoms with E-state index < -0.39 is 0 Å². The summed E-state index contributed by atoms with van der Waals surface area (Å²) in [6, 6.07) is 9.05. The summed E-state index contributed by atoms with van der Waals surface area (Å²) in [7, 11) is 1.62. The van der Waals surface area contributed by atoms with E-state index in [1.165, 1.54) is 0 Å². The number of benzene rings is 1. The normalized spacial score (nSPS) is 10.5. The molecular formula is C26H37N5O4. The molecule has 0 aliphatic heterocycles. The van der Waals surface area contributed by atoms with Crippen molar-refractivity contribution >= 4 is 22.8 Å². The van der Waals surface area contributed by atoms with Crippen LogP contribution in [0.2, 0.25) is 0 Å². The first-order chi connectivity index (χ1) is 17.0. The van der Waals surface area contributed by atoms with Crippen molar-refractivity contribution in [3.8, 4) is 5.75 Å². The number of methoxy groups -OCH3 is 1. The third-order valence-corrected chi connectivity index (χ3v) is 5.13. The summed E-state index contributed by atoms with van der Waals surface area (Å²) in [5.74, 6) is 0.877. The van der Waals surface area contributed by atoms with E-state index in [1.807, 2.05) is 30.0 Å². The van der Waals surface area contributed by atoms with Crippen LogP contribution in [0.15, 0.2) is 42.7 Å². The second-order valence-electron chi connectivity index (χ2n) is 7.93. The van der Waals surface area contributed by atoms with Crippen molar-refractivity contribution in [3.63, 3.8) is 0 Å². The number of aromatic nitrogens is 3. The molecule has 0 bridgehead atoms. The first kappa shape index (κ1) is 27.9. The van der Waals surface area contributed by atoms with Gasteiger partial charge in [0.2, 0.25) is 11.9 Å². The van der Waals surface area contributed by atoms with Crippen LogP contribution in [0.5, 0.6) is 5.75 Å². The monoisotopic (exact) mass is 483 g/mol. The molecule has 0 unspecified atom stereocenters. The molecule has 2 heterocycles. The number of aromatic hydroxyl groups is 1. The molecule has 190 valence electrons. The Balaban J connectivity index is 0.000000260. The molecule has 0 saturated heterocycles. The quantitative estimate of drug-likeness (QED) is 0.373. The van der Waals surface area contributed by atoms with Crippen LogP contribution in [0.4, 0.5) is 5.95 Å². The van der Waals surface area contributed by atoms with Gasteiger partial charge in [-0.15, -0.1) is 0 Å². The van der Waals surface area contributed by atoms with Crippen LogP contribution in [0.3, 0.4) is 0 Å². The lowest BCUT2D eigenvalue weighted by molar-refractivity contribution is -0.136. The summed E-state index contributed by atoms with van der Waals surface area (Å²) in [6.45, 7) is 9.37. The van der Waals surface area contributed by atoms with Crippen LogP contribution >= 0.6 is 0 Å². The molecule has 2 aromatic heterocycles. The van der Waals surface area contributed by atoms with E-state index >= 15 is 0 Å². The molecule has 0 saturated carbocycles. The Morgan fingerprint density at radius 3 is 2.51 bits per heavy atom. The fourth-order valence-corrected chi connectivity index (χ4v) is 3.30. The van der Waals surface area contributed by atoms with Gasteiger partial charge in [-0.2, -0.15) is 0 Å². The standard InChI is InChI=1S/C15H14N4O.C11H23NO3/c1-10-12-9-18-15(19-13(12)6-7-16-10)17-8-11-4-2-3-5-14(11)20;1-4-6-12(7-5-2)11(13)10-15-9-8-14-3/h2-7,9,20H,8H2,1H3,(H,17,18,19);4-10H2,1-3H3. The van der Waals surface area contributed by atoms with E-state index in [-0.39, 0.29) is 18.3 Å². The van der Waals surface area contributed by atoms with Crippen molar-refractivity contribution in [2.75, 3.05) is 45.3 Å². The molecule has 0 aliphatic rings. The Labute approximate surface area is 207 Å². The molecule has 35 heavy (non-hydrogen) atoms. The van der Waals surface area contributed by atoms with Crippen LogP contribution in [-0.4, -0.2) is 70.9 Å². The van der Waals surface area contributed by atoms with E-state index in [9.17, 15) is 9.90 Å². The van der Waals surface area contributed by atoms with Gasteiger partial charge in [-0.3, -0.25) is 9.78 Å². The number of anilines is 1. The third kappa shape index (κ3) is 9.46. The van der Waals surface area contributed by atoms with Gasteiger partial charge in [0.1, 0.15) is 12.4 Å². The Morgan fingerprint density at radius 2 is 1.83 bits per heavy atom. The minimum Gasteiger partial charge on any atom is -0.508 e. The Hall–Kier alpha value is -3.30. The number of rotatable bonds is 12. The summed E-state index contributed by atoms with van der Waals surface area (Å²) in [4.78, 5) is 26.4. The van der Waals surface area contributed by atoms with Crippen LogP contribution in [-0.2, 0) is 20.8 Å². The lowest BCUT2D eigenvalue weighted by Crippen LogP contribution is -2.35. The van der Waals surface area contributed by atoms with Crippen molar-refractivity contribution in [3.05, 3.63) is 54.0 Å². The number of hydrogen-bond acceptors (Lipinski definition) is 8. The third-order valence-electron chi connectivity index (χ3n) is 5.13. The number of ether oxygens (including phenoxy) is 2. The number of carbonyl (C=O) groups is 1. The van der Waals surface area contributed by atoms with Gasteiger partial charge in [0.05, 0.1) is 18.7 Å². The Kier molecular flexibility index (Phi) is 12.4. The van der Waals surface area contributed by atoms with Crippen molar-refractivity contribution in [1.29, 1.82) is 0 Å². The van der Waals surface area contributed by atoms with Gasteiger partial charge in [-0.05, 0) is 31.9 Å². The number of para-hydroxylation sites is 1. The van der Waals surface area contributed by atoms with Crippen LogP contribution in [0.25, 0.3) is 10.9 Å². The summed E-state index contributed by atoms with van der Waals surface area (Å²) >= 11 is 0. The molecule has 0 aliphatic carbocycles. The number of carbonyl (C=O) groups excluding carboxylic acids is 1. The average molecular weight is 484 g/mol. The van der Waals surface area contributed by atoms with E-state index in [0.29, 0.717) is 25.7 Å². The highest BCUT2D eigenvalue weighted by molar-refractivity contribution is 5.80. The maximum Gasteiger partial charge on any atom is 0.248 e. The number of nitrogens with one attached hydrogen (secondary N) is 1. The van der Waals surface area contributed by atoms with Gasteiger partial charge < -0.3 is 24.8 Å². The molecule has 9 heteroatoms. The molecule has 0 fully saturated rings. The molecule has 2 N–H and O–H groups in total. The minimum atomic E-state index is 0.0785. The van der Waals surface area contributed by atoms with Gasteiger partial charge in [0.15, 0.2) is 0 Å². The molecule has 1 amide bonds. The molecule has 3 aromatic rings. The molecule has 0 radical (unpaired) electrons. The van der Waals surface area contributed by atoms with Gasteiger partial charge in [0, 0.05) is 55.8 Å². The number of pyridine rings is 1. The highest BCUT2D eigenvalue weighted by atomic mass is 16.5. The summed E-state index contributed by atoms with van der Waals surface area (Å²) < 4.78 is 10.0. The van der Waals surface area contributed by atoms with Gasteiger partial charge in [0.25, 0.3) is 0 Å². The number of phenolic OH excluding ortho intramolecular Hbond substituents is 1. The molecule has 1 aromatic carbocycles. The van der Waals surface area contributed by atoms with Crippen molar-refractivity contribution in [1.82, 2.24) is 19.9 Å². The van der Waals surface area contributed by atoms with Gasteiger partial charge >= 0.3 is 0 Å². The number of phenols is 1. The topological polar surface area (TPSA) is 110 Å². The van der Waals surface area contributed by atoms with Crippen LogP contribution < -0.4 is 5.32 Å². The summed E-state index contributed by atoms with van der Waals surface area (Å²) in [5.41, 5.74) is 2.57. The maximum absolute atomic E-state index is 11.6. The molecular weight excluding hydrogens is 446 g/mol. The fourth-order valence-electron chi connectivity index (χ4n) is 3.30. The smallest absolute Gasteiger partial charge is 0.248 e. The highest BCUT2D eigenvalue weighted by Crippen LogP contribution is 2.18. The van der Waals surface area contributed by atoms with Gasteiger partial charge in [-0.25, -0.2) is 9.97 Å². The molecule has 9 nitrogen and oxygen atoms in total. The number of nitrogens with zero attached hydrogens (tertiary/aromatic N) is 4. The molecule has 0 atom stereocenters. The first-order valence-corrected chi connectivity index (χ1v) is 11.9. The maximum atomic E-state index is 11.6. The molecule has 0 spiro atoms. The first-order valence-electron chi connectivity index (χ1n) is 11.9. The van der Waals surface area contributed by atoms with Gasteiger partial charge in [-0.1, -0.05) is 32.0 Å². The second kappa shape index (κ2) is 15.6. The zero-order chi connectivity index (χ0) is 25.5. The highest BCUT2D eigenvalue weighted by Gasteiger charge is 2.11. The van der Waals surface area contributed by atoms with Crippen molar-refractivity contribution in [2.45, 2.75) is 40.2 Å². The molecule has 3 rings (SSSR count). The van der Waals surface area contributed by atoms with Crippen molar-refractivity contribution < 1.29 is 19.4 Å². The summed E-state index contributed by atoms with van der Waals surface area (Å²) in [6.07, 6.45) is 5.48. The van der Waals surface area contributed by atoms with Crippen molar-refractivity contribution in [2.24, 2.45) is 0 Å². The number of fused-ring (bicyclic) bond motifs is 1. The number of hydrogen-bond donors (Lipinski definition) is 2. The predicted octanol–water partition coefficient (Wildman–Crippen LogP) is 3.95. The number of amides is 1. The summed E-state index contributed by atoms with van der Waals surface area (Å²) in [5, 5.41) is 13.8. The van der Waals surface area contributed by atoms with E-state index in [2.05, 4.69) is 34.1 Å². The van der Waals surface area contributed by atoms with Crippen LogP contribution in [0, 0.1) is 6.92 Å². The zero-order valence-corrected chi connectivity index (χ0v) is 21.2. The zero-order valence-electron chi connectivity index (χ0n) is 21.2. The lowest BCUT2D eigenvalue weighted by atomic mass is 10.2. The lowest BCUT2D eigenvalue weighted by Gasteiger charge is -2.21. The number of aryl methyl sites for hydroxylation is 1. The average Bonchev–Trinajstić information content (AvgIpc) is 2.86. The predicted molar refractivity (Wildman–Crippen MR) is 137 cm³/mol. The van der Waals surface area contributed by atoms with E-state index in [4.69, 9.17) is 9.47 Å². The second-order valence-corrected chi connectivity index (χ2v) is 7.93. The van der Waals surface area contributed by atoms with Crippen LogP contribution in [0.1, 0.15) is 37.9 Å². The Morgan fingerprint density at radius 1 is 1.09 bits per heavy atom. The fraction of sp³-hybridized carbons (Fsp3) is 0.462. The minimum absolute atomic E-state index is 0.0785. The largest absolute Gasteiger partial charge is 0.508 e.